The minimum atomic E-state index is 0.523. The fraction of sp³-hybridized carbons (Fsp3) is 0.286. The molecule has 9 aromatic rings. The summed E-state index contributed by atoms with van der Waals surface area (Å²) < 4.78 is 13.5. The molecule has 3 heteroatoms. The molecule has 0 aliphatic heterocycles. The van der Waals surface area contributed by atoms with Crippen molar-refractivity contribution in [3.63, 3.8) is 0 Å². The lowest BCUT2D eigenvalue weighted by Crippen LogP contribution is -2.35. The van der Waals surface area contributed by atoms with Crippen molar-refractivity contribution in [3.05, 3.63) is 151 Å². The molecule has 0 N–H and O–H groups in total. The van der Waals surface area contributed by atoms with Crippen LogP contribution in [-0.4, -0.2) is 0 Å². The molecule has 0 spiro atoms. The normalized spacial score (nSPS) is 22.3. The van der Waals surface area contributed by atoms with Crippen LogP contribution in [0.15, 0.2) is 148 Å². The second-order valence-corrected chi connectivity index (χ2v) is 18.6. The Labute approximate surface area is 346 Å². The monoisotopic (exact) mass is 769 g/mol. The van der Waals surface area contributed by atoms with Gasteiger partial charge in [0.15, 0.2) is 0 Å². The topological polar surface area (TPSA) is 29.5 Å². The molecule has 3 aliphatic rings. The molecule has 2 aromatic heterocycles. The van der Waals surface area contributed by atoms with Crippen LogP contribution in [0.2, 0.25) is 0 Å². The van der Waals surface area contributed by atoms with Gasteiger partial charge in [-0.15, -0.1) is 0 Å². The van der Waals surface area contributed by atoms with Gasteiger partial charge in [0.25, 0.3) is 0 Å². The number of fused-ring (bicyclic) bond motifs is 10. The Bertz CT molecular complexity index is 3010. The van der Waals surface area contributed by atoms with Gasteiger partial charge < -0.3 is 13.7 Å². The molecule has 0 amide bonds. The summed E-state index contributed by atoms with van der Waals surface area (Å²) in [6.45, 7) is 5.00. The van der Waals surface area contributed by atoms with Gasteiger partial charge in [0, 0.05) is 32.6 Å². The van der Waals surface area contributed by atoms with E-state index in [2.05, 4.69) is 158 Å². The zero-order chi connectivity index (χ0) is 39.2. The first-order chi connectivity index (χ1) is 29.1. The van der Waals surface area contributed by atoms with E-state index in [4.69, 9.17) is 8.83 Å². The Kier molecular flexibility index (Phi) is 8.29. The van der Waals surface area contributed by atoms with Crippen molar-refractivity contribution < 1.29 is 8.83 Å². The quantitative estimate of drug-likeness (QED) is 0.169. The maximum absolute atomic E-state index is 6.99. The average molecular weight is 770 g/mol. The third-order valence-electron chi connectivity index (χ3n) is 14.8. The zero-order valence-electron chi connectivity index (χ0n) is 34.2. The van der Waals surface area contributed by atoms with Crippen LogP contribution in [0.3, 0.4) is 0 Å². The molecule has 2 heterocycles. The highest BCUT2D eigenvalue weighted by Crippen LogP contribution is 2.55. The number of benzene rings is 7. The standard InChI is InChI=1S/C56H51NO2/c1-34-29-36-31-35(2)53(41(30-34)32-36)46-16-9-19-51-54(46)47-33-49(43-13-5-6-14-44(43)56(47)59-51)57(48-17-10-20-52-55(48)45-15-7-8-18-50(45)58-52)42-27-25-40(26-28-42)39-23-21-38(22-24-39)37-11-3-4-12-37/h5-10,13-28,33-37,41,53H,3-4,11-12,29-32H2,1-2H3. The number of anilines is 3. The smallest absolute Gasteiger partial charge is 0.143 e. The molecule has 3 nitrogen and oxygen atoms in total. The largest absolute Gasteiger partial charge is 0.456 e. The Hall–Kier alpha value is -5.80. The fourth-order valence-electron chi connectivity index (χ4n) is 12.5. The lowest BCUT2D eigenvalue weighted by Gasteiger charge is -2.46. The zero-order valence-corrected chi connectivity index (χ0v) is 34.2. The third kappa shape index (κ3) is 5.75. The van der Waals surface area contributed by atoms with Crippen molar-refractivity contribution in [2.24, 2.45) is 23.7 Å². The SMILES string of the molecule is CC1CC2CC(C)C(c3cccc4oc5c6ccccc6c(N(c6ccc(-c7ccc(C8CCCC8)cc7)cc6)c6cccc7oc8ccccc8c67)cc5c34)C(C1)C2. The van der Waals surface area contributed by atoms with Crippen LogP contribution >= 0.6 is 0 Å². The fourth-order valence-corrected chi connectivity index (χ4v) is 12.5. The van der Waals surface area contributed by atoms with Crippen LogP contribution in [0, 0.1) is 23.7 Å². The summed E-state index contributed by atoms with van der Waals surface area (Å²) in [5.41, 5.74) is 12.6. The Morgan fingerprint density at radius 2 is 1.20 bits per heavy atom. The van der Waals surface area contributed by atoms with E-state index in [-0.39, 0.29) is 0 Å². The molecule has 3 saturated carbocycles. The molecule has 59 heavy (non-hydrogen) atoms. The van der Waals surface area contributed by atoms with Crippen LogP contribution in [0.25, 0.3) is 65.8 Å². The van der Waals surface area contributed by atoms with E-state index in [0.29, 0.717) is 23.7 Å². The van der Waals surface area contributed by atoms with Gasteiger partial charge in [-0.2, -0.15) is 0 Å². The van der Waals surface area contributed by atoms with E-state index in [1.807, 2.05) is 0 Å². The lowest BCUT2D eigenvalue weighted by atomic mass is 9.58. The van der Waals surface area contributed by atoms with Crippen molar-refractivity contribution in [2.45, 2.75) is 77.0 Å². The Morgan fingerprint density at radius 1 is 0.525 bits per heavy atom. The van der Waals surface area contributed by atoms with Crippen molar-refractivity contribution in [1.82, 2.24) is 0 Å². The molecule has 3 fully saturated rings. The van der Waals surface area contributed by atoms with Gasteiger partial charge in [-0.25, -0.2) is 0 Å². The van der Waals surface area contributed by atoms with Crippen molar-refractivity contribution in [1.29, 1.82) is 0 Å². The average Bonchev–Trinajstić information content (AvgIpc) is 4.03. The summed E-state index contributed by atoms with van der Waals surface area (Å²) >= 11 is 0. The second kappa shape index (κ2) is 13.9. The number of hydrogen-bond acceptors (Lipinski definition) is 3. The van der Waals surface area contributed by atoms with Crippen LogP contribution in [0.1, 0.15) is 88.2 Å². The van der Waals surface area contributed by atoms with Gasteiger partial charge in [0.2, 0.25) is 0 Å². The summed E-state index contributed by atoms with van der Waals surface area (Å²) in [5.74, 6) is 4.25. The molecule has 5 unspecified atom stereocenters. The molecule has 292 valence electrons. The van der Waals surface area contributed by atoms with E-state index < -0.39 is 0 Å². The molecule has 12 rings (SSSR count). The molecular formula is C56H51NO2. The maximum atomic E-state index is 6.99. The first-order valence-corrected chi connectivity index (χ1v) is 22.3. The van der Waals surface area contributed by atoms with Gasteiger partial charge in [-0.1, -0.05) is 124 Å². The van der Waals surface area contributed by atoms with E-state index >= 15 is 0 Å². The predicted molar refractivity (Wildman–Crippen MR) is 246 cm³/mol. The van der Waals surface area contributed by atoms with Gasteiger partial charge in [0.05, 0.1) is 16.8 Å². The van der Waals surface area contributed by atoms with Crippen LogP contribution in [0.5, 0.6) is 0 Å². The van der Waals surface area contributed by atoms with E-state index in [1.165, 1.54) is 84.4 Å². The number of para-hydroxylation sites is 1. The highest BCUT2D eigenvalue weighted by atomic mass is 16.3. The van der Waals surface area contributed by atoms with Gasteiger partial charge in [-0.05, 0) is 139 Å². The van der Waals surface area contributed by atoms with Crippen LogP contribution in [-0.2, 0) is 0 Å². The Balaban J connectivity index is 1.08. The third-order valence-corrected chi connectivity index (χ3v) is 14.8. The molecular weight excluding hydrogens is 719 g/mol. The van der Waals surface area contributed by atoms with E-state index in [0.717, 1.165) is 72.8 Å². The van der Waals surface area contributed by atoms with Gasteiger partial charge in [-0.3, -0.25) is 0 Å². The van der Waals surface area contributed by atoms with E-state index in [9.17, 15) is 0 Å². The highest BCUT2D eigenvalue weighted by Gasteiger charge is 2.41. The number of rotatable bonds is 6. The molecule has 5 atom stereocenters. The summed E-state index contributed by atoms with van der Waals surface area (Å²) in [6, 6.07) is 51.7. The lowest BCUT2D eigenvalue weighted by molar-refractivity contribution is 0.0860. The van der Waals surface area contributed by atoms with E-state index in [1.54, 1.807) is 0 Å². The minimum absolute atomic E-state index is 0.523. The second-order valence-electron chi connectivity index (χ2n) is 18.6. The van der Waals surface area contributed by atoms with Crippen molar-refractivity contribution >= 4 is 71.7 Å². The summed E-state index contributed by atoms with van der Waals surface area (Å²) in [4.78, 5) is 2.48. The predicted octanol–water partition coefficient (Wildman–Crippen LogP) is 16.6. The Morgan fingerprint density at radius 3 is 2.00 bits per heavy atom. The molecule has 0 radical (unpaired) electrons. The van der Waals surface area contributed by atoms with Crippen LogP contribution in [0.4, 0.5) is 17.1 Å². The molecule has 3 aliphatic carbocycles. The summed E-state index contributed by atoms with van der Waals surface area (Å²) in [6.07, 6.45) is 10.7. The molecule has 2 bridgehead atoms. The first kappa shape index (κ1) is 35.2. The molecule has 0 saturated heterocycles. The van der Waals surface area contributed by atoms with Gasteiger partial charge in [0.1, 0.15) is 22.3 Å². The van der Waals surface area contributed by atoms with Crippen molar-refractivity contribution in [3.8, 4) is 11.1 Å². The van der Waals surface area contributed by atoms with Crippen molar-refractivity contribution in [2.75, 3.05) is 4.90 Å². The van der Waals surface area contributed by atoms with Crippen LogP contribution < -0.4 is 4.90 Å². The molecule has 7 aromatic carbocycles. The van der Waals surface area contributed by atoms with Gasteiger partial charge >= 0.3 is 0 Å². The number of nitrogens with zero attached hydrogens (tertiary/aromatic N) is 1. The summed E-state index contributed by atoms with van der Waals surface area (Å²) in [5, 5.41) is 7.04. The maximum Gasteiger partial charge on any atom is 0.143 e. The first-order valence-electron chi connectivity index (χ1n) is 22.3. The highest BCUT2D eigenvalue weighted by molar-refractivity contribution is 6.22. The number of furan rings is 2. The minimum Gasteiger partial charge on any atom is -0.456 e. The summed E-state index contributed by atoms with van der Waals surface area (Å²) in [7, 11) is 0. The number of hydrogen-bond donors (Lipinski definition) is 0.